The van der Waals surface area contributed by atoms with Crippen molar-refractivity contribution in [1.82, 2.24) is 4.98 Å². The van der Waals surface area contributed by atoms with Gasteiger partial charge in [0.15, 0.2) is 0 Å². The molecule has 0 bridgehead atoms. The smallest absolute Gasteiger partial charge is 0.141 e. The van der Waals surface area contributed by atoms with Gasteiger partial charge in [-0.3, -0.25) is 0 Å². The summed E-state index contributed by atoms with van der Waals surface area (Å²) >= 11 is 0. The van der Waals surface area contributed by atoms with Gasteiger partial charge in [0.25, 0.3) is 0 Å². The maximum atomic E-state index is 8.54. The monoisotopic (exact) mass is 162 g/mol. The number of hydrogen-bond acceptors (Lipinski definition) is 4. The SMILES string of the molecule is C[C@@H](N)c1nc(C#N)ccc1N. The van der Waals surface area contributed by atoms with Gasteiger partial charge in [-0.2, -0.15) is 5.26 Å². The summed E-state index contributed by atoms with van der Waals surface area (Å²) in [6.07, 6.45) is 0. The zero-order valence-electron chi connectivity index (χ0n) is 6.78. The maximum Gasteiger partial charge on any atom is 0.141 e. The first kappa shape index (κ1) is 8.50. The van der Waals surface area contributed by atoms with Crippen molar-refractivity contribution in [3.63, 3.8) is 0 Å². The van der Waals surface area contributed by atoms with E-state index in [2.05, 4.69) is 4.98 Å². The van der Waals surface area contributed by atoms with Crippen LogP contribution in [0, 0.1) is 11.3 Å². The molecule has 1 atom stereocenters. The van der Waals surface area contributed by atoms with E-state index in [1.165, 1.54) is 0 Å². The Kier molecular flexibility index (Phi) is 2.26. The minimum atomic E-state index is -0.238. The van der Waals surface area contributed by atoms with Crippen LogP contribution in [0.4, 0.5) is 5.69 Å². The van der Waals surface area contributed by atoms with Crippen molar-refractivity contribution in [2.75, 3.05) is 5.73 Å². The number of rotatable bonds is 1. The number of nitriles is 1. The molecule has 1 heterocycles. The molecule has 0 amide bonds. The lowest BCUT2D eigenvalue weighted by atomic mass is 10.2. The fourth-order valence-electron chi connectivity index (χ4n) is 0.913. The van der Waals surface area contributed by atoms with Crippen LogP contribution < -0.4 is 11.5 Å². The van der Waals surface area contributed by atoms with Crippen molar-refractivity contribution in [3.05, 3.63) is 23.5 Å². The third-order valence-corrected chi connectivity index (χ3v) is 1.50. The van der Waals surface area contributed by atoms with E-state index in [0.717, 1.165) is 0 Å². The molecule has 0 aromatic carbocycles. The van der Waals surface area contributed by atoms with Crippen LogP contribution >= 0.6 is 0 Å². The average molecular weight is 162 g/mol. The van der Waals surface area contributed by atoms with Crippen molar-refractivity contribution in [2.24, 2.45) is 5.73 Å². The van der Waals surface area contributed by atoms with E-state index < -0.39 is 0 Å². The lowest BCUT2D eigenvalue weighted by Gasteiger charge is -2.07. The molecular weight excluding hydrogens is 152 g/mol. The number of nitrogens with zero attached hydrogens (tertiary/aromatic N) is 2. The van der Waals surface area contributed by atoms with E-state index in [1.54, 1.807) is 19.1 Å². The fraction of sp³-hybridized carbons (Fsp3) is 0.250. The Morgan fingerprint density at radius 2 is 2.25 bits per heavy atom. The van der Waals surface area contributed by atoms with E-state index in [9.17, 15) is 0 Å². The van der Waals surface area contributed by atoms with Gasteiger partial charge in [-0.25, -0.2) is 4.98 Å². The van der Waals surface area contributed by atoms with Crippen molar-refractivity contribution in [3.8, 4) is 6.07 Å². The second-order valence-electron chi connectivity index (χ2n) is 2.57. The van der Waals surface area contributed by atoms with Gasteiger partial charge in [-0.15, -0.1) is 0 Å². The lowest BCUT2D eigenvalue weighted by molar-refractivity contribution is 0.782. The van der Waals surface area contributed by atoms with Crippen LogP contribution in [-0.4, -0.2) is 4.98 Å². The van der Waals surface area contributed by atoms with Gasteiger partial charge < -0.3 is 11.5 Å². The highest BCUT2D eigenvalue weighted by molar-refractivity contribution is 5.46. The highest BCUT2D eigenvalue weighted by atomic mass is 14.8. The topological polar surface area (TPSA) is 88.7 Å². The third kappa shape index (κ3) is 1.52. The largest absolute Gasteiger partial charge is 0.397 e. The number of hydrogen-bond donors (Lipinski definition) is 2. The van der Waals surface area contributed by atoms with Crippen LogP contribution in [0.3, 0.4) is 0 Å². The fourth-order valence-corrected chi connectivity index (χ4v) is 0.913. The van der Waals surface area contributed by atoms with Gasteiger partial charge in [0.2, 0.25) is 0 Å². The number of pyridine rings is 1. The molecule has 12 heavy (non-hydrogen) atoms. The summed E-state index contributed by atoms with van der Waals surface area (Å²) in [4.78, 5) is 3.98. The Hall–Kier alpha value is -1.60. The molecular formula is C8H10N4. The molecule has 0 saturated carbocycles. The number of nitrogens with two attached hydrogens (primary N) is 2. The van der Waals surface area contributed by atoms with Crippen LogP contribution in [0.25, 0.3) is 0 Å². The molecule has 4 N–H and O–H groups in total. The Morgan fingerprint density at radius 3 is 2.75 bits per heavy atom. The van der Waals surface area contributed by atoms with E-state index in [-0.39, 0.29) is 6.04 Å². The maximum absolute atomic E-state index is 8.54. The highest BCUT2D eigenvalue weighted by Gasteiger charge is 2.06. The van der Waals surface area contributed by atoms with E-state index >= 15 is 0 Å². The van der Waals surface area contributed by atoms with Crippen molar-refractivity contribution in [2.45, 2.75) is 13.0 Å². The molecule has 0 aliphatic heterocycles. The zero-order chi connectivity index (χ0) is 9.14. The van der Waals surface area contributed by atoms with Crippen LogP contribution in [0.1, 0.15) is 24.4 Å². The third-order valence-electron chi connectivity index (χ3n) is 1.50. The van der Waals surface area contributed by atoms with Gasteiger partial charge >= 0.3 is 0 Å². The summed E-state index contributed by atoms with van der Waals surface area (Å²) in [6, 6.07) is 4.90. The number of nitrogen functional groups attached to an aromatic ring is 1. The second kappa shape index (κ2) is 3.20. The molecule has 0 saturated heterocycles. The van der Waals surface area contributed by atoms with Gasteiger partial charge in [-0.1, -0.05) is 0 Å². The molecule has 0 radical (unpaired) electrons. The Bertz CT molecular complexity index is 324. The first-order valence-corrected chi connectivity index (χ1v) is 3.57. The first-order chi connectivity index (χ1) is 5.65. The van der Waals surface area contributed by atoms with Gasteiger partial charge in [0, 0.05) is 6.04 Å². The Morgan fingerprint density at radius 1 is 1.58 bits per heavy atom. The Balaban J connectivity index is 3.19. The predicted octanol–water partition coefficient (Wildman–Crippen LogP) is 0.555. The van der Waals surface area contributed by atoms with Crippen molar-refractivity contribution in [1.29, 1.82) is 5.26 Å². The number of aromatic nitrogens is 1. The molecule has 0 unspecified atom stereocenters. The molecule has 1 rings (SSSR count). The minimum absolute atomic E-state index is 0.238. The first-order valence-electron chi connectivity index (χ1n) is 3.57. The van der Waals surface area contributed by atoms with Crippen LogP contribution in [-0.2, 0) is 0 Å². The molecule has 1 aromatic heterocycles. The van der Waals surface area contributed by atoms with Gasteiger partial charge in [0.05, 0.1) is 11.4 Å². The molecule has 62 valence electrons. The standard InChI is InChI=1S/C8H10N4/c1-5(10)8-7(11)3-2-6(4-9)12-8/h2-3,5H,10-11H2,1H3/t5-/m1/s1. The normalized spacial score (nSPS) is 12.1. The average Bonchev–Trinajstić information content (AvgIpc) is 2.05. The molecule has 0 aliphatic carbocycles. The molecule has 4 nitrogen and oxygen atoms in total. The van der Waals surface area contributed by atoms with E-state index in [1.807, 2.05) is 6.07 Å². The zero-order valence-corrected chi connectivity index (χ0v) is 6.78. The van der Waals surface area contributed by atoms with Gasteiger partial charge in [0.1, 0.15) is 11.8 Å². The molecule has 0 aliphatic rings. The summed E-state index contributed by atoms with van der Waals surface area (Å²) in [5.41, 5.74) is 12.6. The van der Waals surface area contributed by atoms with Crippen LogP contribution in [0.15, 0.2) is 12.1 Å². The quantitative estimate of drug-likeness (QED) is 0.631. The minimum Gasteiger partial charge on any atom is -0.397 e. The second-order valence-corrected chi connectivity index (χ2v) is 2.57. The Labute approximate surface area is 70.8 Å². The summed E-state index contributed by atoms with van der Waals surface area (Å²) in [5.74, 6) is 0. The van der Waals surface area contributed by atoms with Crippen molar-refractivity contribution >= 4 is 5.69 Å². The molecule has 0 fully saturated rings. The molecule has 1 aromatic rings. The summed E-state index contributed by atoms with van der Waals surface area (Å²) in [7, 11) is 0. The summed E-state index contributed by atoms with van der Waals surface area (Å²) in [6.45, 7) is 1.78. The highest BCUT2D eigenvalue weighted by Crippen LogP contribution is 2.15. The van der Waals surface area contributed by atoms with Crippen LogP contribution in [0.5, 0.6) is 0 Å². The van der Waals surface area contributed by atoms with Crippen molar-refractivity contribution < 1.29 is 0 Å². The summed E-state index contributed by atoms with van der Waals surface area (Å²) in [5, 5.41) is 8.54. The van der Waals surface area contributed by atoms with Gasteiger partial charge in [-0.05, 0) is 19.1 Å². The lowest BCUT2D eigenvalue weighted by Crippen LogP contribution is -2.11. The van der Waals surface area contributed by atoms with Crippen LogP contribution in [0.2, 0.25) is 0 Å². The molecule has 0 spiro atoms. The van der Waals surface area contributed by atoms with E-state index in [4.69, 9.17) is 16.7 Å². The summed E-state index contributed by atoms with van der Waals surface area (Å²) < 4.78 is 0. The molecule has 4 heteroatoms. The predicted molar refractivity (Wildman–Crippen MR) is 46.0 cm³/mol. The van der Waals surface area contributed by atoms with E-state index in [0.29, 0.717) is 17.1 Å². The number of anilines is 1.